The number of hydrogen-bond acceptors (Lipinski definition) is 7. The molecule has 4 N–H and O–H groups in total. The lowest BCUT2D eigenvalue weighted by Crippen LogP contribution is -2.32. The van der Waals surface area contributed by atoms with Crippen LogP contribution in [0.2, 0.25) is 0 Å². The van der Waals surface area contributed by atoms with Crippen LogP contribution in [0.3, 0.4) is 0 Å². The van der Waals surface area contributed by atoms with Crippen LogP contribution in [0.4, 0.5) is 0 Å². The molecule has 8 nitrogen and oxygen atoms in total. The molecule has 4 atom stereocenters. The number of carbonyl (C=O) groups excluding carboxylic acids is 1. The van der Waals surface area contributed by atoms with Gasteiger partial charge in [-0.3, -0.25) is 14.5 Å². The number of H-pyrrole nitrogens is 1. The molecule has 9 heteroatoms. The molecule has 0 saturated carbocycles. The minimum Gasteiger partial charge on any atom is -0.389 e. The Labute approximate surface area is 255 Å². The standard InChI is InChI=1S/C34H40N4O4S/c1-34(2,3)25-9-10-26-23(15-25)14-24-16-30(43-33(24)37-26)32(42)36-27(12-13-38-18-28(39)29(40)19-38)21-6-4-20(5-7-21)22-8-11-31(41)35-17-22/h4-8,11,14,16-17,25,27-29,39-40H,9-10,12-13,15,18-19H2,1-3H3,(H,35,41)(H,36,42)/t25-,27+,28+,29+/m0/s1. The normalized spacial score (nSPS) is 21.6. The lowest BCUT2D eigenvalue weighted by molar-refractivity contribution is 0.0572. The molecule has 1 fully saturated rings. The van der Waals surface area contributed by atoms with Crippen molar-refractivity contribution in [1.82, 2.24) is 20.2 Å². The predicted molar refractivity (Wildman–Crippen MR) is 170 cm³/mol. The van der Waals surface area contributed by atoms with Crippen LogP contribution in [0.25, 0.3) is 21.3 Å². The van der Waals surface area contributed by atoms with Crippen LogP contribution in [0, 0.1) is 11.3 Å². The summed E-state index contributed by atoms with van der Waals surface area (Å²) in [7, 11) is 0. The maximum atomic E-state index is 13.7. The van der Waals surface area contributed by atoms with E-state index in [1.807, 2.05) is 35.2 Å². The number of aliphatic hydroxyl groups excluding tert-OH is 2. The third kappa shape index (κ3) is 6.60. The van der Waals surface area contributed by atoms with Crippen LogP contribution in [0.1, 0.15) is 66.1 Å². The average Bonchev–Trinajstić information content (AvgIpc) is 3.55. The molecular formula is C34H40N4O4S. The van der Waals surface area contributed by atoms with Gasteiger partial charge in [-0.1, -0.05) is 45.0 Å². The second-order valence-corrected chi connectivity index (χ2v) is 14.2. The van der Waals surface area contributed by atoms with Crippen molar-refractivity contribution in [2.75, 3.05) is 19.6 Å². The Balaban J connectivity index is 1.22. The molecule has 0 bridgehead atoms. The zero-order chi connectivity index (χ0) is 30.3. The Morgan fingerprint density at radius 3 is 2.49 bits per heavy atom. The van der Waals surface area contributed by atoms with Crippen molar-refractivity contribution in [1.29, 1.82) is 0 Å². The van der Waals surface area contributed by atoms with Gasteiger partial charge in [-0.05, 0) is 77.5 Å². The SMILES string of the molecule is CC(C)(C)[C@H]1CCc2nc3sc(C(=O)N[C@H](CCN4C[C@@H](O)[C@H](O)C4)c4ccc(-c5ccc(=O)[nH]c5)cc4)cc3cc2C1. The quantitative estimate of drug-likeness (QED) is 0.244. The van der Waals surface area contributed by atoms with E-state index in [0.29, 0.717) is 36.9 Å². The second kappa shape index (κ2) is 12.0. The Morgan fingerprint density at radius 1 is 1.09 bits per heavy atom. The summed E-state index contributed by atoms with van der Waals surface area (Å²) in [6.45, 7) is 8.37. The molecule has 1 saturated heterocycles. The fraction of sp³-hybridized carbons (Fsp3) is 0.441. The number of aryl methyl sites for hydroxylation is 1. The van der Waals surface area contributed by atoms with E-state index in [2.05, 4.69) is 37.1 Å². The number of nitrogens with zero attached hydrogens (tertiary/aromatic N) is 2. The average molecular weight is 601 g/mol. The van der Waals surface area contributed by atoms with E-state index in [0.717, 1.165) is 51.9 Å². The number of thiophene rings is 1. The number of hydrogen-bond donors (Lipinski definition) is 4. The third-order valence-electron chi connectivity index (χ3n) is 9.13. The molecule has 1 aromatic carbocycles. The number of fused-ring (bicyclic) bond motifs is 2. The maximum absolute atomic E-state index is 13.7. The van der Waals surface area contributed by atoms with Crippen molar-refractivity contribution in [2.24, 2.45) is 11.3 Å². The highest BCUT2D eigenvalue weighted by Crippen LogP contribution is 2.38. The van der Waals surface area contributed by atoms with Gasteiger partial charge in [0.1, 0.15) is 4.83 Å². The van der Waals surface area contributed by atoms with Crippen LogP contribution in [0.5, 0.6) is 0 Å². The number of amides is 1. The van der Waals surface area contributed by atoms with Crippen LogP contribution >= 0.6 is 11.3 Å². The first-order valence-corrected chi connectivity index (χ1v) is 16.0. The van der Waals surface area contributed by atoms with Gasteiger partial charge in [-0.25, -0.2) is 4.98 Å². The number of aromatic amines is 1. The van der Waals surface area contributed by atoms with Crippen molar-refractivity contribution in [3.8, 4) is 11.1 Å². The van der Waals surface area contributed by atoms with Gasteiger partial charge >= 0.3 is 0 Å². The first kappa shape index (κ1) is 29.7. The number of aliphatic hydroxyl groups is 2. The largest absolute Gasteiger partial charge is 0.389 e. The second-order valence-electron chi connectivity index (χ2n) is 13.2. The molecular weight excluding hydrogens is 560 g/mol. The van der Waals surface area contributed by atoms with Gasteiger partial charge in [-0.15, -0.1) is 11.3 Å². The molecule has 4 aromatic rings. The summed E-state index contributed by atoms with van der Waals surface area (Å²) < 4.78 is 0. The minimum absolute atomic E-state index is 0.134. The van der Waals surface area contributed by atoms with E-state index in [9.17, 15) is 19.8 Å². The number of carbonyl (C=O) groups is 1. The zero-order valence-corrected chi connectivity index (χ0v) is 25.8. The zero-order valence-electron chi connectivity index (χ0n) is 25.0. The fourth-order valence-corrected chi connectivity index (χ4v) is 7.30. The highest BCUT2D eigenvalue weighted by atomic mass is 32.1. The van der Waals surface area contributed by atoms with E-state index >= 15 is 0 Å². The van der Waals surface area contributed by atoms with E-state index in [1.165, 1.54) is 23.0 Å². The van der Waals surface area contributed by atoms with E-state index in [4.69, 9.17) is 4.98 Å². The van der Waals surface area contributed by atoms with E-state index in [1.54, 1.807) is 12.3 Å². The van der Waals surface area contributed by atoms with Gasteiger partial charge in [-0.2, -0.15) is 0 Å². The summed E-state index contributed by atoms with van der Waals surface area (Å²) in [5.41, 5.74) is 5.40. The lowest BCUT2D eigenvalue weighted by Gasteiger charge is -2.34. The summed E-state index contributed by atoms with van der Waals surface area (Å²) in [6.07, 6.45) is 3.95. The first-order chi connectivity index (χ1) is 20.5. The number of β-amino-alcohol motifs (C(OH)–C–C–N with tert-alkyl or cyclic N) is 2. The molecule has 3 aromatic heterocycles. The molecule has 0 unspecified atom stereocenters. The Kier molecular flexibility index (Phi) is 8.26. The maximum Gasteiger partial charge on any atom is 0.261 e. The minimum atomic E-state index is -0.750. The molecule has 0 radical (unpaired) electrons. The monoisotopic (exact) mass is 600 g/mol. The van der Waals surface area contributed by atoms with E-state index < -0.39 is 12.2 Å². The van der Waals surface area contributed by atoms with Crippen molar-refractivity contribution in [3.63, 3.8) is 0 Å². The van der Waals surface area contributed by atoms with Crippen LogP contribution in [0.15, 0.2) is 59.5 Å². The molecule has 2 aliphatic rings. The summed E-state index contributed by atoms with van der Waals surface area (Å²) in [6, 6.07) is 15.2. The third-order valence-corrected chi connectivity index (χ3v) is 10.2. The Morgan fingerprint density at radius 2 is 1.81 bits per heavy atom. The molecule has 1 aliphatic heterocycles. The predicted octanol–water partition coefficient (Wildman–Crippen LogP) is 4.70. The number of nitrogens with one attached hydrogen (secondary N) is 2. The van der Waals surface area contributed by atoms with Crippen molar-refractivity contribution >= 4 is 27.5 Å². The Hall–Kier alpha value is -3.37. The Bertz CT molecular complexity index is 1640. The molecule has 1 amide bonds. The van der Waals surface area contributed by atoms with Crippen molar-refractivity contribution in [3.05, 3.63) is 86.8 Å². The smallest absolute Gasteiger partial charge is 0.261 e. The van der Waals surface area contributed by atoms with Crippen LogP contribution in [-0.4, -0.2) is 62.8 Å². The van der Waals surface area contributed by atoms with Gasteiger partial charge in [0.05, 0.1) is 23.1 Å². The highest BCUT2D eigenvalue weighted by Gasteiger charge is 2.31. The van der Waals surface area contributed by atoms with Crippen LogP contribution in [-0.2, 0) is 12.8 Å². The molecule has 1 aliphatic carbocycles. The summed E-state index contributed by atoms with van der Waals surface area (Å²) in [4.78, 5) is 36.4. The number of likely N-dealkylation sites (tertiary alicyclic amines) is 1. The van der Waals surface area contributed by atoms with Crippen LogP contribution < -0.4 is 10.9 Å². The van der Waals surface area contributed by atoms with Crippen molar-refractivity contribution in [2.45, 2.75) is 64.7 Å². The molecule has 6 rings (SSSR count). The number of rotatable bonds is 7. The van der Waals surface area contributed by atoms with Gasteiger partial charge in [0, 0.05) is 43.0 Å². The first-order valence-electron chi connectivity index (χ1n) is 15.1. The fourth-order valence-electron chi connectivity index (χ4n) is 6.37. The number of benzene rings is 1. The summed E-state index contributed by atoms with van der Waals surface area (Å²) >= 11 is 1.44. The summed E-state index contributed by atoms with van der Waals surface area (Å²) in [5, 5.41) is 24.3. The van der Waals surface area contributed by atoms with Gasteiger partial charge in [0.15, 0.2) is 0 Å². The number of pyridine rings is 2. The lowest BCUT2D eigenvalue weighted by atomic mass is 9.71. The summed E-state index contributed by atoms with van der Waals surface area (Å²) in [5.74, 6) is 0.486. The van der Waals surface area contributed by atoms with Gasteiger partial charge in [0.25, 0.3) is 5.91 Å². The van der Waals surface area contributed by atoms with Crippen molar-refractivity contribution < 1.29 is 15.0 Å². The highest BCUT2D eigenvalue weighted by molar-refractivity contribution is 7.20. The molecule has 0 spiro atoms. The van der Waals surface area contributed by atoms with E-state index in [-0.39, 0.29) is 22.9 Å². The molecule has 43 heavy (non-hydrogen) atoms. The van der Waals surface area contributed by atoms with Gasteiger partial charge in [0.2, 0.25) is 5.56 Å². The topological polar surface area (TPSA) is 119 Å². The molecule has 226 valence electrons. The van der Waals surface area contributed by atoms with Gasteiger partial charge < -0.3 is 20.5 Å². The molecule has 4 heterocycles. The number of aromatic nitrogens is 2.